The van der Waals surface area contributed by atoms with Gasteiger partial charge in [0.1, 0.15) is 5.92 Å². The van der Waals surface area contributed by atoms with Gasteiger partial charge in [0, 0.05) is 6.54 Å². The highest BCUT2D eigenvalue weighted by Crippen LogP contribution is 2.28. The molecule has 1 unspecified atom stereocenters. The fourth-order valence-electron chi connectivity index (χ4n) is 2.78. The van der Waals surface area contributed by atoms with E-state index in [2.05, 4.69) is 5.32 Å². The van der Waals surface area contributed by atoms with Gasteiger partial charge < -0.3 is 0 Å². The molecular formula is C13H20N2O3. The van der Waals surface area contributed by atoms with Crippen molar-refractivity contribution in [1.82, 2.24) is 10.2 Å². The van der Waals surface area contributed by atoms with Crippen LogP contribution in [0.4, 0.5) is 4.79 Å². The van der Waals surface area contributed by atoms with Crippen molar-refractivity contribution >= 4 is 17.8 Å². The Morgan fingerprint density at radius 3 is 2.56 bits per heavy atom. The van der Waals surface area contributed by atoms with E-state index in [0.29, 0.717) is 6.54 Å². The first-order valence-corrected chi connectivity index (χ1v) is 6.76. The molecule has 4 amide bonds. The predicted molar refractivity (Wildman–Crippen MR) is 65.6 cm³/mol. The second kappa shape index (κ2) is 5.50. The first-order valence-electron chi connectivity index (χ1n) is 6.76. The molecule has 0 aromatic heterocycles. The van der Waals surface area contributed by atoms with Crippen molar-refractivity contribution < 1.29 is 14.4 Å². The molecule has 18 heavy (non-hydrogen) atoms. The van der Waals surface area contributed by atoms with Crippen LogP contribution in [-0.2, 0) is 9.59 Å². The predicted octanol–water partition coefficient (Wildman–Crippen LogP) is 1.67. The minimum absolute atomic E-state index is 0.366. The molecule has 1 aliphatic heterocycles. The van der Waals surface area contributed by atoms with Gasteiger partial charge in [0.05, 0.1) is 0 Å². The molecule has 1 N–H and O–H groups in total. The van der Waals surface area contributed by atoms with E-state index in [9.17, 15) is 14.4 Å². The highest BCUT2D eigenvalue weighted by molar-refractivity contribution is 6.15. The van der Waals surface area contributed by atoms with E-state index in [0.717, 1.165) is 18.8 Å². The average molecular weight is 252 g/mol. The Hall–Kier alpha value is -1.39. The molecule has 2 fully saturated rings. The van der Waals surface area contributed by atoms with Crippen molar-refractivity contribution in [3.05, 3.63) is 0 Å². The average Bonchev–Trinajstić information content (AvgIpc) is 2.84. The Labute approximate surface area is 107 Å². The molecule has 5 nitrogen and oxygen atoms in total. The third kappa shape index (κ3) is 2.71. The lowest BCUT2D eigenvalue weighted by atomic mass is 10.0. The molecule has 1 saturated heterocycles. The fourth-order valence-corrected chi connectivity index (χ4v) is 2.78. The minimum atomic E-state index is -0.741. The summed E-state index contributed by atoms with van der Waals surface area (Å²) < 4.78 is 0. The third-order valence-corrected chi connectivity index (χ3v) is 3.97. The van der Waals surface area contributed by atoms with Crippen molar-refractivity contribution in [2.45, 2.75) is 45.4 Å². The zero-order chi connectivity index (χ0) is 13.1. The van der Waals surface area contributed by atoms with Crippen molar-refractivity contribution in [2.75, 3.05) is 6.54 Å². The van der Waals surface area contributed by atoms with E-state index >= 15 is 0 Å². The number of nitrogens with one attached hydrogen (secondary N) is 1. The van der Waals surface area contributed by atoms with Gasteiger partial charge in [-0.2, -0.15) is 0 Å². The van der Waals surface area contributed by atoms with Crippen molar-refractivity contribution in [3.63, 3.8) is 0 Å². The van der Waals surface area contributed by atoms with Crippen molar-refractivity contribution in [2.24, 2.45) is 11.8 Å². The van der Waals surface area contributed by atoms with Crippen LogP contribution in [-0.4, -0.2) is 29.3 Å². The molecule has 0 radical (unpaired) electrons. The van der Waals surface area contributed by atoms with Crippen LogP contribution in [0.15, 0.2) is 0 Å². The van der Waals surface area contributed by atoms with E-state index in [1.54, 1.807) is 0 Å². The van der Waals surface area contributed by atoms with Crippen LogP contribution in [0.2, 0.25) is 0 Å². The first kappa shape index (κ1) is 13.1. The van der Waals surface area contributed by atoms with E-state index < -0.39 is 17.9 Å². The highest BCUT2D eigenvalue weighted by Gasteiger charge is 2.36. The Balaban J connectivity index is 1.82. The van der Waals surface area contributed by atoms with E-state index in [1.165, 1.54) is 37.5 Å². The number of rotatable bonds is 4. The van der Waals surface area contributed by atoms with Crippen LogP contribution in [0.3, 0.4) is 0 Å². The van der Waals surface area contributed by atoms with Crippen LogP contribution in [0, 0.1) is 11.8 Å². The molecule has 100 valence electrons. The summed E-state index contributed by atoms with van der Waals surface area (Å²) in [6.07, 6.45) is 7.06. The summed E-state index contributed by atoms with van der Waals surface area (Å²) in [6.45, 7) is 1.97. The number of hydrogen-bond donors (Lipinski definition) is 1. The maximum atomic E-state index is 11.8. The summed E-state index contributed by atoms with van der Waals surface area (Å²) in [5.41, 5.74) is 0. The van der Waals surface area contributed by atoms with Gasteiger partial charge in [-0.15, -0.1) is 0 Å². The lowest BCUT2D eigenvalue weighted by Gasteiger charge is -2.28. The van der Waals surface area contributed by atoms with Gasteiger partial charge in [0.15, 0.2) is 0 Å². The van der Waals surface area contributed by atoms with Crippen LogP contribution < -0.4 is 5.32 Å². The van der Waals surface area contributed by atoms with Gasteiger partial charge in [-0.1, -0.05) is 25.7 Å². The Kier molecular flexibility index (Phi) is 3.99. The normalized spacial score (nSPS) is 25.7. The van der Waals surface area contributed by atoms with Crippen molar-refractivity contribution in [1.29, 1.82) is 0 Å². The quantitative estimate of drug-likeness (QED) is 0.774. The van der Waals surface area contributed by atoms with E-state index in [4.69, 9.17) is 0 Å². The number of carbonyl (C=O) groups is 3. The monoisotopic (exact) mass is 252 g/mol. The summed E-state index contributed by atoms with van der Waals surface area (Å²) in [6, 6.07) is -0.561. The van der Waals surface area contributed by atoms with E-state index in [-0.39, 0.29) is 5.91 Å². The van der Waals surface area contributed by atoms with Gasteiger partial charge in [-0.25, -0.2) is 4.79 Å². The van der Waals surface area contributed by atoms with Gasteiger partial charge in [-0.05, 0) is 25.7 Å². The summed E-state index contributed by atoms with van der Waals surface area (Å²) in [4.78, 5) is 35.8. The molecule has 1 saturated carbocycles. The zero-order valence-electron chi connectivity index (χ0n) is 10.8. The van der Waals surface area contributed by atoms with Gasteiger partial charge in [-0.3, -0.25) is 19.8 Å². The second-order valence-corrected chi connectivity index (χ2v) is 5.30. The van der Waals surface area contributed by atoms with Crippen LogP contribution in [0.25, 0.3) is 0 Å². The fraction of sp³-hybridized carbons (Fsp3) is 0.769. The first-order chi connectivity index (χ1) is 8.59. The summed E-state index contributed by atoms with van der Waals surface area (Å²) in [7, 11) is 0. The topological polar surface area (TPSA) is 66.5 Å². The van der Waals surface area contributed by atoms with Gasteiger partial charge in [0.2, 0.25) is 11.8 Å². The minimum Gasteiger partial charge on any atom is -0.277 e. The molecule has 1 atom stereocenters. The largest absolute Gasteiger partial charge is 0.330 e. The van der Waals surface area contributed by atoms with Gasteiger partial charge >= 0.3 is 6.03 Å². The number of hydrogen-bond acceptors (Lipinski definition) is 3. The number of urea groups is 1. The van der Waals surface area contributed by atoms with Crippen molar-refractivity contribution in [3.8, 4) is 0 Å². The maximum absolute atomic E-state index is 11.8. The molecule has 0 bridgehead atoms. The summed E-state index contributed by atoms with van der Waals surface area (Å²) in [5, 5.41) is 2.22. The smallest absolute Gasteiger partial charge is 0.277 e. The standard InChI is InChI=1S/C13H20N2O3/c1-9-11(16)14-13(18)15(12(9)17)8-4-7-10-5-2-3-6-10/h9-10H,2-8H2,1H3,(H,14,16,18). The Morgan fingerprint density at radius 1 is 1.22 bits per heavy atom. The maximum Gasteiger partial charge on any atom is 0.330 e. The zero-order valence-corrected chi connectivity index (χ0v) is 10.8. The SMILES string of the molecule is CC1C(=O)NC(=O)N(CCCC2CCCC2)C1=O. The highest BCUT2D eigenvalue weighted by atomic mass is 16.2. The summed E-state index contributed by atoms with van der Waals surface area (Å²) >= 11 is 0. The molecule has 0 aromatic carbocycles. The lowest BCUT2D eigenvalue weighted by molar-refractivity contribution is -0.141. The number of imide groups is 2. The second-order valence-electron chi connectivity index (χ2n) is 5.30. The number of nitrogens with zero attached hydrogens (tertiary/aromatic N) is 1. The van der Waals surface area contributed by atoms with Crippen LogP contribution in [0.5, 0.6) is 0 Å². The van der Waals surface area contributed by atoms with Crippen LogP contribution >= 0.6 is 0 Å². The van der Waals surface area contributed by atoms with Gasteiger partial charge in [0.25, 0.3) is 0 Å². The number of barbiturate groups is 1. The molecule has 1 heterocycles. The summed E-state index contributed by atoms with van der Waals surface area (Å²) in [5.74, 6) is -0.839. The molecule has 0 spiro atoms. The number of amides is 4. The third-order valence-electron chi connectivity index (χ3n) is 3.97. The molecule has 5 heteroatoms. The lowest BCUT2D eigenvalue weighted by Crippen LogP contribution is -2.57. The Morgan fingerprint density at radius 2 is 1.89 bits per heavy atom. The van der Waals surface area contributed by atoms with E-state index in [1.807, 2.05) is 0 Å². The number of carbonyl (C=O) groups excluding carboxylic acids is 3. The van der Waals surface area contributed by atoms with Crippen LogP contribution in [0.1, 0.15) is 45.4 Å². The molecular weight excluding hydrogens is 232 g/mol. The Bertz CT molecular complexity index is 361. The molecule has 1 aliphatic carbocycles. The molecule has 2 rings (SSSR count). The molecule has 2 aliphatic rings. The molecule has 0 aromatic rings.